The van der Waals surface area contributed by atoms with Crippen LogP contribution in [-0.4, -0.2) is 96.7 Å². The second-order valence-corrected chi connectivity index (χ2v) is 37.4. The summed E-state index contributed by atoms with van der Waals surface area (Å²) in [5, 5.41) is 10.7. The SMILES string of the molecule is CCCCCCCCCCCCCCCCCCCCCC(=O)O[C@H](COC(=O)CCCCCCCCCCCCCCC)COP(=O)(O)OC[C@H](O)COP(=O)(O)OC[C@@H](COC(=O)CCCCCCCCCCCCCCCCCCC(C)C)OC(=O)CCCCCCCCCCCCCCCCCCCCC(C)CC. The average molecular weight is 1650 g/mol. The molecule has 0 aromatic carbocycles. The van der Waals surface area contributed by atoms with Crippen LogP contribution in [-0.2, 0) is 65.4 Å². The van der Waals surface area contributed by atoms with Crippen LogP contribution >= 0.6 is 15.6 Å². The molecule has 0 bridgehead atoms. The van der Waals surface area contributed by atoms with E-state index in [1.54, 1.807) is 0 Å². The summed E-state index contributed by atoms with van der Waals surface area (Å²) in [6.45, 7) is 9.83. The number of unbranched alkanes of at least 4 members (excludes halogenated alkanes) is 62. The fraction of sp³-hybridized carbons (Fsp3) is 0.957. The second kappa shape index (κ2) is 85.1. The first-order valence-corrected chi connectivity index (χ1v) is 51.5. The van der Waals surface area contributed by atoms with Crippen molar-refractivity contribution in [3.8, 4) is 0 Å². The van der Waals surface area contributed by atoms with Crippen molar-refractivity contribution in [1.29, 1.82) is 0 Å². The van der Waals surface area contributed by atoms with Gasteiger partial charge in [-0.2, -0.15) is 0 Å². The van der Waals surface area contributed by atoms with Crippen molar-refractivity contribution >= 4 is 39.5 Å². The Morgan fingerprint density at radius 3 is 0.673 bits per heavy atom. The maximum atomic E-state index is 13.2. The Kier molecular flexibility index (Phi) is 83.6. The van der Waals surface area contributed by atoms with Crippen molar-refractivity contribution in [2.75, 3.05) is 39.6 Å². The van der Waals surface area contributed by atoms with Gasteiger partial charge in [-0.1, -0.05) is 459 Å². The van der Waals surface area contributed by atoms with Crippen LogP contribution in [0.1, 0.15) is 510 Å². The minimum atomic E-state index is -4.97. The molecular weight excluding hydrogens is 1460 g/mol. The molecule has 113 heavy (non-hydrogen) atoms. The molecule has 0 heterocycles. The maximum absolute atomic E-state index is 13.2. The molecule has 0 aromatic rings. The Morgan fingerprint density at radius 1 is 0.257 bits per heavy atom. The zero-order chi connectivity index (χ0) is 82.7. The highest BCUT2D eigenvalue weighted by Gasteiger charge is 2.31. The van der Waals surface area contributed by atoms with Gasteiger partial charge in [0.15, 0.2) is 12.2 Å². The molecule has 672 valence electrons. The molecular formula is C94H184O17P2. The van der Waals surface area contributed by atoms with Gasteiger partial charge in [-0.3, -0.25) is 37.3 Å². The zero-order valence-corrected chi connectivity index (χ0v) is 76.5. The number of hydrogen-bond donors (Lipinski definition) is 3. The molecule has 0 saturated carbocycles. The second-order valence-electron chi connectivity index (χ2n) is 34.5. The number of carbonyl (C=O) groups excluding carboxylic acids is 4. The van der Waals surface area contributed by atoms with E-state index < -0.39 is 97.5 Å². The van der Waals surface area contributed by atoms with Crippen molar-refractivity contribution in [2.24, 2.45) is 11.8 Å². The number of ether oxygens (including phenoxy) is 4. The van der Waals surface area contributed by atoms with Crippen molar-refractivity contribution in [2.45, 2.75) is 529 Å². The molecule has 19 heteroatoms. The van der Waals surface area contributed by atoms with E-state index in [0.29, 0.717) is 25.7 Å². The number of aliphatic hydroxyl groups excluding tert-OH is 1. The van der Waals surface area contributed by atoms with Crippen LogP contribution in [0.25, 0.3) is 0 Å². The standard InChI is InChI=1S/C94H184O17P2/c1-7-10-12-14-16-18-20-22-23-24-25-29-36-42-48-54-60-66-72-78-93(98)110-89(82-104-91(96)76-70-64-58-52-46-38-21-19-17-15-13-11-8-2)84-108-112(100,101)106-80-88(95)81-107-113(102,103)109-85-90(83-105-92(97)77-71-65-59-53-47-41-35-32-31-33-39-44-50-56-62-68-74-86(4)5)111-94(99)79-73-67-61-55-49-43-37-30-27-26-28-34-40-45-51-57-63-69-75-87(6)9-3/h86-90,95H,7-85H2,1-6H3,(H,100,101)(H,102,103)/t87?,88-,89+,90+/m0/s1. The third kappa shape index (κ3) is 86.3. The zero-order valence-electron chi connectivity index (χ0n) is 74.7. The van der Waals surface area contributed by atoms with E-state index >= 15 is 0 Å². The van der Waals surface area contributed by atoms with Gasteiger partial charge in [-0.05, 0) is 37.5 Å². The molecule has 0 radical (unpaired) electrons. The molecule has 0 aliphatic rings. The Morgan fingerprint density at radius 2 is 0.451 bits per heavy atom. The molecule has 0 aliphatic heterocycles. The molecule has 0 amide bonds. The van der Waals surface area contributed by atoms with Crippen molar-refractivity contribution in [3.63, 3.8) is 0 Å². The van der Waals surface area contributed by atoms with Crippen molar-refractivity contribution < 1.29 is 80.2 Å². The Balaban J connectivity index is 5.26. The fourth-order valence-corrected chi connectivity index (χ4v) is 16.4. The van der Waals surface area contributed by atoms with Crippen LogP contribution in [0.3, 0.4) is 0 Å². The minimum Gasteiger partial charge on any atom is -0.462 e. The molecule has 3 unspecified atom stereocenters. The quantitative estimate of drug-likeness (QED) is 0.0222. The summed E-state index contributed by atoms with van der Waals surface area (Å²) in [5.41, 5.74) is 0. The van der Waals surface area contributed by atoms with E-state index in [0.717, 1.165) is 102 Å². The summed E-state index contributed by atoms with van der Waals surface area (Å²) >= 11 is 0. The van der Waals surface area contributed by atoms with E-state index in [9.17, 15) is 43.2 Å². The topological polar surface area (TPSA) is 237 Å². The highest BCUT2D eigenvalue weighted by Crippen LogP contribution is 2.45. The lowest BCUT2D eigenvalue weighted by atomic mass is 9.99. The van der Waals surface area contributed by atoms with Crippen LogP contribution in [0.4, 0.5) is 0 Å². The van der Waals surface area contributed by atoms with Crippen molar-refractivity contribution in [3.05, 3.63) is 0 Å². The molecule has 0 rings (SSSR count). The highest BCUT2D eigenvalue weighted by atomic mass is 31.2. The van der Waals surface area contributed by atoms with E-state index in [4.69, 9.17) is 37.0 Å². The first kappa shape index (κ1) is 111. The smallest absolute Gasteiger partial charge is 0.462 e. The van der Waals surface area contributed by atoms with Gasteiger partial charge < -0.3 is 33.8 Å². The molecule has 0 aromatic heterocycles. The van der Waals surface area contributed by atoms with E-state index in [-0.39, 0.29) is 25.7 Å². The molecule has 0 saturated heterocycles. The first-order valence-electron chi connectivity index (χ1n) is 48.5. The lowest BCUT2D eigenvalue weighted by Gasteiger charge is -2.21. The Labute approximate surface area is 696 Å². The largest absolute Gasteiger partial charge is 0.472 e. The number of hydrogen-bond acceptors (Lipinski definition) is 15. The average Bonchev–Trinajstić information content (AvgIpc) is 0.899. The normalized spacial score (nSPS) is 13.9. The molecule has 6 atom stereocenters. The fourth-order valence-electron chi connectivity index (χ4n) is 14.8. The third-order valence-corrected chi connectivity index (χ3v) is 24.5. The van der Waals surface area contributed by atoms with Crippen LogP contribution in [0, 0.1) is 11.8 Å². The number of rotatable bonds is 93. The molecule has 0 aliphatic carbocycles. The summed E-state index contributed by atoms with van der Waals surface area (Å²) in [6.07, 6.45) is 80.5. The number of phosphoric ester groups is 2. The predicted molar refractivity (Wildman–Crippen MR) is 469 cm³/mol. The summed E-state index contributed by atoms with van der Waals surface area (Å²) in [6, 6.07) is 0. The van der Waals surface area contributed by atoms with Gasteiger partial charge in [-0.25, -0.2) is 9.13 Å². The first-order chi connectivity index (χ1) is 54.9. The number of esters is 4. The van der Waals surface area contributed by atoms with Gasteiger partial charge in [-0.15, -0.1) is 0 Å². The lowest BCUT2D eigenvalue weighted by Crippen LogP contribution is -2.30. The molecule has 0 spiro atoms. The summed E-state index contributed by atoms with van der Waals surface area (Å²) in [4.78, 5) is 73.5. The highest BCUT2D eigenvalue weighted by molar-refractivity contribution is 7.47. The van der Waals surface area contributed by atoms with Crippen LogP contribution in [0.2, 0.25) is 0 Å². The number of carbonyl (C=O) groups is 4. The Hall–Kier alpha value is -1.94. The van der Waals surface area contributed by atoms with Gasteiger partial charge in [0.2, 0.25) is 0 Å². The van der Waals surface area contributed by atoms with E-state index in [1.807, 2.05) is 0 Å². The summed E-state index contributed by atoms with van der Waals surface area (Å²) < 4.78 is 69.2. The van der Waals surface area contributed by atoms with Crippen molar-refractivity contribution in [1.82, 2.24) is 0 Å². The Bertz CT molecular complexity index is 2150. The van der Waals surface area contributed by atoms with Crippen LogP contribution < -0.4 is 0 Å². The monoisotopic (exact) mass is 1650 g/mol. The minimum absolute atomic E-state index is 0.109. The van der Waals surface area contributed by atoms with Gasteiger partial charge in [0.05, 0.1) is 26.4 Å². The molecule has 3 N–H and O–H groups in total. The molecule has 17 nitrogen and oxygen atoms in total. The maximum Gasteiger partial charge on any atom is 0.472 e. The predicted octanol–water partition coefficient (Wildman–Crippen LogP) is 29.4. The van der Waals surface area contributed by atoms with E-state index in [2.05, 4.69) is 41.5 Å². The third-order valence-electron chi connectivity index (χ3n) is 22.6. The summed E-state index contributed by atoms with van der Waals surface area (Å²) in [7, 11) is -9.94. The molecule has 0 fully saturated rings. The van der Waals surface area contributed by atoms with Gasteiger partial charge in [0.25, 0.3) is 0 Å². The van der Waals surface area contributed by atoms with Gasteiger partial charge in [0.1, 0.15) is 19.3 Å². The lowest BCUT2D eigenvalue weighted by molar-refractivity contribution is -0.161. The van der Waals surface area contributed by atoms with Crippen LogP contribution in [0.5, 0.6) is 0 Å². The van der Waals surface area contributed by atoms with Gasteiger partial charge >= 0.3 is 39.5 Å². The van der Waals surface area contributed by atoms with E-state index in [1.165, 1.54) is 327 Å². The number of aliphatic hydroxyl groups is 1. The van der Waals surface area contributed by atoms with Gasteiger partial charge in [0, 0.05) is 25.7 Å². The van der Waals surface area contributed by atoms with Crippen LogP contribution in [0.15, 0.2) is 0 Å². The number of phosphoric acid groups is 2. The summed E-state index contributed by atoms with van der Waals surface area (Å²) in [5.74, 6) is -0.406.